The normalized spacial score (nSPS) is 17.3. The van der Waals surface area contributed by atoms with Crippen molar-refractivity contribution in [2.45, 2.75) is 32.2 Å². The van der Waals surface area contributed by atoms with Gasteiger partial charge in [-0.15, -0.1) is 0 Å². The van der Waals surface area contributed by atoms with E-state index in [1.165, 1.54) is 38.9 Å². The van der Waals surface area contributed by atoms with Crippen LogP contribution in [0.1, 0.15) is 31.9 Å². The Morgan fingerprint density at radius 2 is 2.22 bits per heavy atom. The Hall–Kier alpha value is -1.60. The van der Waals surface area contributed by atoms with Gasteiger partial charge in [-0.05, 0) is 37.9 Å². The summed E-state index contributed by atoms with van der Waals surface area (Å²) in [6.45, 7) is 5.79. The van der Waals surface area contributed by atoms with Gasteiger partial charge in [0.15, 0.2) is 0 Å². The van der Waals surface area contributed by atoms with Gasteiger partial charge < -0.3 is 10.2 Å². The molecule has 1 saturated heterocycles. The SMILES string of the molecule is CCCN1CCC(Nc2ccc(C#N)nc2)CC1. The van der Waals surface area contributed by atoms with Gasteiger partial charge in [0, 0.05) is 19.1 Å². The molecule has 0 unspecified atom stereocenters. The third-order valence-corrected chi connectivity index (χ3v) is 3.38. The average molecular weight is 244 g/mol. The quantitative estimate of drug-likeness (QED) is 0.882. The maximum atomic E-state index is 8.69. The van der Waals surface area contributed by atoms with Crippen molar-refractivity contribution in [3.05, 3.63) is 24.0 Å². The van der Waals surface area contributed by atoms with Crippen LogP contribution in [0.2, 0.25) is 0 Å². The van der Waals surface area contributed by atoms with E-state index in [9.17, 15) is 0 Å². The molecule has 1 aliphatic rings. The number of piperidine rings is 1. The summed E-state index contributed by atoms with van der Waals surface area (Å²) in [6.07, 6.45) is 5.34. The average Bonchev–Trinajstić information content (AvgIpc) is 2.42. The fraction of sp³-hybridized carbons (Fsp3) is 0.571. The highest BCUT2D eigenvalue weighted by atomic mass is 15.1. The Bertz CT molecular complexity index is 399. The molecule has 18 heavy (non-hydrogen) atoms. The van der Waals surface area contributed by atoms with E-state index in [2.05, 4.69) is 22.1 Å². The zero-order valence-electron chi connectivity index (χ0n) is 10.9. The standard InChI is InChI=1S/C14H20N4/c1-2-7-18-8-5-12(6-9-18)17-14-4-3-13(10-15)16-11-14/h3-4,11-12,17H,2,5-9H2,1H3. The first-order valence-corrected chi connectivity index (χ1v) is 6.67. The Morgan fingerprint density at radius 3 is 2.78 bits per heavy atom. The highest BCUT2D eigenvalue weighted by Crippen LogP contribution is 2.16. The minimum absolute atomic E-state index is 0.471. The van der Waals surface area contributed by atoms with Crippen molar-refractivity contribution in [1.82, 2.24) is 9.88 Å². The van der Waals surface area contributed by atoms with Crippen molar-refractivity contribution in [3.8, 4) is 6.07 Å². The molecule has 0 aliphatic carbocycles. The Kier molecular flexibility index (Phi) is 4.54. The van der Waals surface area contributed by atoms with E-state index in [1.807, 2.05) is 12.1 Å². The molecule has 2 rings (SSSR count). The number of anilines is 1. The second-order valence-corrected chi connectivity index (χ2v) is 4.80. The van der Waals surface area contributed by atoms with Crippen LogP contribution in [0.4, 0.5) is 5.69 Å². The lowest BCUT2D eigenvalue weighted by molar-refractivity contribution is 0.219. The van der Waals surface area contributed by atoms with Crippen LogP contribution >= 0.6 is 0 Å². The highest BCUT2D eigenvalue weighted by molar-refractivity contribution is 5.43. The first kappa shape index (κ1) is 12.8. The highest BCUT2D eigenvalue weighted by Gasteiger charge is 2.18. The van der Waals surface area contributed by atoms with Gasteiger partial charge >= 0.3 is 0 Å². The fourth-order valence-electron chi connectivity index (χ4n) is 2.40. The van der Waals surface area contributed by atoms with E-state index in [0.29, 0.717) is 11.7 Å². The first-order valence-electron chi connectivity index (χ1n) is 6.67. The molecule has 1 N–H and O–H groups in total. The molecule has 1 aliphatic heterocycles. The Balaban J connectivity index is 1.82. The summed E-state index contributed by atoms with van der Waals surface area (Å²) in [4.78, 5) is 6.60. The van der Waals surface area contributed by atoms with Gasteiger partial charge in [-0.3, -0.25) is 0 Å². The van der Waals surface area contributed by atoms with Crippen LogP contribution in [0.25, 0.3) is 0 Å². The number of nitrogens with one attached hydrogen (secondary N) is 1. The summed E-state index contributed by atoms with van der Waals surface area (Å²) in [5.74, 6) is 0. The van der Waals surface area contributed by atoms with Crippen molar-refractivity contribution in [3.63, 3.8) is 0 Å². The van der Waals surface area contributed by atoms with E-state index >= 15 is 0 Å². The van der Waals surface area contributed by atoms with E-state index in [1.54, 1.807) is 12.3 Å². The molecule has 1 aromatic heterocycles. The molecule has 0 amide bonds. The Morgan fingerprint density at radius 1 is 1.44 bits per heavy atom. The monoisotopic (exact) mass is 244 g/mol. The summed E-state index contributed by atoms with van der Waals surface area (Å²) in [5, 5.41) is 12.2. The lowest BCUT2D eigenvalue weighted by Gasteiger charge is -2.32. The fourth-order valence-corrected chi connectivity index (χ4v) is 2.40. The third kappa shape index (κ3) is 3.44. The van der Waals surface area contributed by atoms with Gasteiger partial charge in [0.2, 0.25) is 0 Å². The van der Waals surface area contributed by atoms with Gasteiger partial charge in [0.05, 0.1) is 11.9 Å². The van der Waals surface area contributed by atoms with Crippen LogP contribution in [0, 0.1) is 11.3 Å². The molecule has 1 aromatic rings. The summed E-state index contributed by atoms with van der Waals surface area (Å²) in [5.41, 5.74) is 1.49. The van der Waals surface area contributed by atoms with Crippen molar-refractivity contribution in [2.75, 3.05) is 25.0 Å². The van der Waals surface area contributed by atoms with E-state index in [4.69, 9.17) is 5.26 Å². The van der Waals surface area contributed by atoms with Crippen LogP contribution in [-0.4, -0.2) is 35.6 Å². The summed E-state index contributed by atoms with van der Waals surface area (Å²) < 4.78 is 0. The van der Waals surface area contributed by atoms with E-state index < -0.39 is 0 Å². The van der Waals surface area contributed by atoms with Gasteiger partial charge in [-0.25, -0.2) is 4.98 Å². The van der Waals surface area contributed by atoms with Gasteiger partial charge in [0.25, 0.3) is 0 Å². The number of nitrogens with zero attached hydrogens (tertiary/aromatic N) is 3. The van der Waals surface area contributed by atoms with Crippen LogP contribution in [0.5, 0.6) is 0 Å². The molecule has 96 valence electrons. The van der Waals surface area contributed by atoms with Crippen molar-refractivity contribution < 1.29 is 0 Å². The second-order valence-electron chi connectivity index (χ2n) is 4.80. The van der Waals surface area contributed by atoms with E-state index in [-0.39, 0.29) is 0 Å². The number of rotatable bonds is 4. The zero-order chi connectivity index (χ0) is 12.8. The van der Waals surface area contributed by atoms with E-state index in [0.717, 1.165) is 5.69 Å². The van der Waals surface area contributed by atoms with Crippen LogP contribution in [0.15, 0.2) is 18.3 Å². The van der Waals surface area contributed by atoms with Crippen molar-refractivity contribution in [1.29, 1.82) is 5.26 Å². The van der Waals surface area contributed by atoms with Crippen LogP contribution in [-0.2, 0) is 0 Å². The lowest BCUT2D eigenvalue weighted by atomic mass is 10.0. The summed E-state index contributed by atoms with van der Waals surface area (Å²) >= 11 is 0. The largest absolute Gasteiger partial charge is 0.381 e. The number of nitriles is 1. The van der Waals surface area contributed by atoms with Crippen molar-refractivity contribution >= 4 is 5.69 Å². The van der Waals surface area contributed by atoms with Crippen molar-refractivity contribution in [2.24, 2.45) is 0 Å². The number of aromatic nitrogens is 1. The minimum Gasteiger partial charge on any atom is -0.381 e. The van der Waals surface area contributed by atoms with Crippen LogP contribution in [0.3, 0.4) is 0 Å². The maximum Gasteiger partial charge on any atom is 0.140 e. The predicted octanol–water partition coefficient (Wildman–Crippen LogP) is 2.24. The molecular formula is C14H20N4. The first-order chi connectivity index (χ1) is 8.81. The lowest BCUT2D eigenvalue weighted by Crippen LogP contribution is -2.39. The smallest absolute Gasteiger partial charge is 0.140 e. The molecule has 0 radical (unpaired) electrons. The zero-order valence-corrected chi connectivity index (χ0v) is 10.9. The molecule has 0 atom stereocenters. The third-order valence-electron chi connectivity index (χ3n) is 3.38. The molecule has 4 heteroatoms. The summed E-state index contributed by atoms with van der Waals surface area (Å²) in [7, 11) is 0. The molecule has 0 aromatic carbocycles. The molecule has 2 heterocycles. The van der Waals surface area contributed by atoms with Gasteiger partial charge in [0.1, 0.15) is 11.8 Å². The predicted molar refractivity (Wildman–Crippen MR) is 72.3 cm³/mol. The summed E-state index contributed by atoms with van der Waals surface area (Å²) in [6, 6.07) is 6.26. The second kappa shape index (κ2) is 6.36. The minimum atomic E-state index is 0.471. The molecule has 0 saturated carbocycles. The Labute approximate surface area is 109 Å². The molecule has 1 fully saturated rings. The topological polar surface area (TPSA) is 52.0 Å². The number of likely N-dealkylation sites (tertiary alicyclic amines) is 1. The van der Waals surface area contributed by atoms with Gasteiger partial charge in [-0.1, -0.05) is 6.92 Å². The number of pyridine rings is 1. The number of hydrogen-bond acceptors (Lipinski definition) is 4. The molecule has 4 nitrogen and oxygen atoms in total. The molecule has 0 bridgehead atoms. The number of hydrogen-bond donors (Lipinski definition) is 1. The maximum absolute atomic E-state index is 8.69. The molecular weight excluding hydrogens is 224 g/mol. The van der Waals surface area contributed by atoms with Crippen LogP contribution < -0.4 is 5.32 Å². The molecule has 0 spiro atoms. The van der Waals surface area contributed by atoms with Gasteiger partial charge in [-0.2, -0.15) is 5.26 Å².